The summed E-state index contributed by atoms with van der Waals surface area (Å²) in [4.78, 5) is 40.4. The standard InChI is InChI=1S/C34H33ClN6O3S/c35-28-17-25(8-5-22-3-6-23(7-4-22)18-39-13-9-24(20-42)10-14-39)16-26-27(28)19-41(33(26)44)31(32(43)38-34-36-11-15-45-34)30-29-2-1-12-40(29)21-37-30/h3-4,6-7,11,15-17,21,24,31,42H,1-2,9-10,12-14,18-20H2,(H,36,38,43). The highest BCUT2D eigenvalue weighted by molar-refractivity contribution is 7.13. The highest BCUT2D eigenvalue weighted by atomic mass is 35.5. The number of carbonyl (C=O) groups is 2. The molecule has 5 heterocycles. The lowest BCUT2D eigenvalue weighted by atomic mass is 9.97. The Kier molecular flexibility index (Phi) is 8.43. The summed E-state index contributed by atoms with van der Waals surface area (Å²) < 4.78 is 2.06. The third kappa shape index (κ3) is 6.14. The van der Waals surface area contributed by atoms with Gasteiger partial charge in [0, 0.05) is 70.8 Å². The van der Waals surface area contributed by atoms with Crippen LogP contribution in [0, 0.1) is 17.8 Å². The normalized spacial score (nSPS) is 17.1. The predicted molar refractivity (Wildman–Crippen MR) is 173 cm³/mol. The van der Waals surface area contributed by atoms with Crippen molar-refractivity contribution in [2.24, 2.45) is 5.92 Å². The van der Waals surface area contributed by atoms with Gasteiger partial charge >= 0.3 is 0 Å². The molecule has 1 fully saturated rings. The maximum atomic E-state index is 13.9. The maximum Gasteiger partial charge on any atom is 0.255 e. The van der Waals surface area contributed by atoms with Crippen molar-refractivity contribution in [3.05, 3.63) is 98.5 Å². The molecule has 7 rings (SSSR count). The molecule has 45 heavy (non-hydrogen) atoms. The fraction of sp³-hybridized carbons (Fsp3) is 0.353. The Labute approximate surface area is 270 Å². The molecule has 230 valence electrons. The smallest absolute Gasteiger partial charge is 0.255 e. The molecule has 3 aliphatic rings. The molecule has 2 aromatic carbocycles. The fourth-order valence-corrected chi connectivity index (χ4v) is 7.30. The number of hydrogen-bond acceptors (Lipinski definition) is 7. The summed E-state index contributed by atoms with van der Waals surface area (Å²) >= 11 is 8.06. The molecule has 0 saturated carbocycles. The van der Waals surface area contributed by atoms with Crippen molar-refractivity contribution in [1.29, 1.82) is 0 Å². The van der Waals surface area contributed by atoms with Gasteiger partial charge in [-0.15, -0.1) is 11.3 Å². The summed E-state index contributed by atoms with van der Waals surface area (Å²) in [6.07, 6.45) is 7.23. The van der Waals surface area contributed by atoms with E-state index in [2.05, 4.69) is 48.7 Å². The first-order valence-electron chi connectivity index (χ1n) is 15.3. The molecule has 1 atom stereocenters. The molecule has 2 aromatic heterocycles. The van der Waals surface area contributed by atoms with E-state index in [0.29, 0.717) is 38.5 Å². The van der Waals surface area contributed by atoms with Crippen LogP contribution in [0.1, 0.15) is 69.3 Å². The molecule has 2 N–H and O–H groups in total. The molecule has 0 aliphatic carbocycles. The number of carbonyl (C=O) groups excluding carboxylic acids is 2. The second-order valence-electron chi connectivity index (χ2n) is 11.9. The second kappa shape index (κ2) is 12.8. The van der Waals surface area contributed by atoms with Crippen LogP contribution in [-0.2, 0) is 30.8 Å². The number of likely N-dealkylation sites (tertiary alicyclic amines) is 1. The van der Waals surface area contributed by atoms with E-state index in [4.69, 9.17) is 11.6 Å². The van der Waals surface area contributed by atoms with E-state index in [1.807, 2.05) is 12.1 Å². The van der Waals surface area contributed by atoms with E-state index in [-0.39, 0.29) is 25.0 Å². The average Bonchev–Trinajstić information content (AvgIpc) is 3.86. The number of aliphatic hydroxyl groups is 1. The summed E-state index contributed by atoms with van der Waals surface area (Å²) in [5, 5.41) is 15.0. The number of piperidine rings is 1. The predicted octanol–water partition coefficient (Wildman–Crippen LogP) is 4.88. The van der Waals surface area contributed by atoms with Gasteiger partial charge in [-0.2, -0.15) is 0 Å². The quantitative estimate of drug-likeness (QED) is 0.279. The molecular weight excluding hydrogens is 608 g/mol. The van der Waals surface area contributed by atoms with E-state index < -0.39 is 6.04 Å². The Morgan fingerprint density at radius 3 is 2.67 bits per heavy atom. The van der Waals surface area contributed by atoms with Gasteiger partial charge in [0.25, 0.3) is 11.8 Å². The van der Waals surface area contributed by atoms with Crippen molar-refractivity contribution >= 4 is 39.9 Å². The molecule has 3 aliphatic heterocycles. The van der Waals surface area contributed by atoms with Crippen LogP contribution < -0.4 is 5.32 Å². The van der Waals surface area contributed by atoms with Gasteiger partial charge in [0.1, 0.15) is 0 Å². The molecule has 2 amide bonds. The summed E-state index contributed by atoms with van der Waals surface area (Å²) in [6, 6.07) is 10.9. The number of hydrogen-bond donors (Lipinski definition) is 2. The zero-order valence-electron chi connectivity index (χ0n) is 24.7. The first-order chi connectivity index (χ1) is 22.0. The number of nitrogens with zero attached hydrogens (tertiary/aromatic N) is 5. The van der Waals surface area contributed by atoms with Crippen LogP contribution in [0.15, 0.2) is 54.3 Å². The highest BCUT2D eigenvalue weighted by Gasteiger charge is 2.41. The number of thiazole rings is 1. The van der Waals surface area contributed by atoms with Gasteiger partial charge in [0.05, 0.1) is 12.0 Å². The number of nitrogens with one attached hydrogen (secondary N) is 1. The van der Waals surface area contributed by atoms with Crippen molar-refractivity contribution in [3.8, 4) is 11.8 Å². The highest BCUT2D eigenvalue weighted by Crippen LogP contribution is 2.38. The third-order valence-electron chi connectivity index (χ3n) is 8.96. The Morgan fingerprint density at radius 1 is 1.11 bits per heavy atom. The van der Waals surface area contributed by atoms with Gasteiger partial charge in [-0.25, -0.2) is 9.97 Å². The average molecular weight is 641 g/mol. The molecule has 0 radical (unpaired) electrons. The van der Waals surface area contributed by atoms with Gasteiger partial charge in [-0.1, -0.05) is 35.6 Å². The van der Waals surface area contributed by atoms with E-state index in [1.165, 1.54) is 16.9 Å². The van der Waals surface area contributed by atoms with Gasteiger partial charge < -0.3 is 14.6 Å². The van der Waals surface area contributed by atoms with Crippen molar-refractivity contribution < 1.29 is 14.7 Å². The van der Waals surface area contributed by atoms with Crippen LogP contribution in [0.4, 0.5) is 5.13 Å². The summed E-state index contributed by atoms with van der Waals surface area (Å²) in [5.74, 6) is 6.19. The Morgan fingerprint density at radius 2 is 1.91 bits per heavy atom. The number of halogens is 1. The number of anilines is 1. The van der Waals surface area contributed by atoms with Crippen molar-refractivity contribution in [2.75, 3.05) is 25.0 Å². The van der Waals surface area contributed by atoms with Crippen LogP contribution >= 0.6 is 22.9 Å². The summed E-state index contributed by atoms with van der Waals surface area (Å²) in [5.41, 5.74) is 5.44. The van der Waals surface area contributed by atoms with Crippen molar-refractivity contribution in [1.82, 2.24) is 24.3 Å². The minimum Gasteiger partial charge on any atom is -0.396 e. The molecule has 1 saturated heterocycles. The second-order valence-corrected chi connectivity index (χ2v) is 13.2. The first-order valence-corrected chi connectivity index (χ1v) is 16.5. The number of amides is 2. The van der Waals surface area contributed by atoms with E-state index in [1.54, 1.807) is 34.9 Å². The van der Waals surface area contributed by atoms with E-state index >= 15 is 0 Å². The maximum absolute atomic E-state index is 13.9. The Bertz CT molecular complexity index is 1780. The third-order valence-corrected chi connectivity index (χ3v) is 9.99. The van der Waals surface area contributed by atoms with Gasteiger partial charge in [0.2, 0.25) is 0 Å². The lowest BCUT2D eigenvalue weighted by molar-refractivity contribution is -0.121. The fourth-order valence-electron chi connectivity index (χ4n) is 6.49. The molecule has 11 heteroatoms. The topological polar surface area (TPSA) is 104 Å². The first kappa shape index (κ1) is 29.7. The largest absolute Gasteiger partial charge is 0.396 e. The van der Waals surface area contributed by atoms with Gasteiger partial charge in [-0.3, -0.25) is 19.8 Å². The molecule has 9 nitrogen and oxygen atoms in total. The minimum atomic E-state index is -0.923. The lowest BCUT2D eigenvalue weighted by Crippen LogP contribution is -2.38. The van der Waals surface area contributed by atoms with E-state index in [0.717, 1.165) is 63.1 Å². The zero-order chi connectivity index (χ0) is 30.9. The number of rotatable bonds is 7. The van der Waals surface area contributed by atoms with Crippen LogP contribution in [-0.4, -0.2) is 61.0 Å². The number of aryl methyl sites for hydroxylation is 1. The molecule has 1 unspecified atom stereocenters. The number of benzene rings is 2. The monoisotopic (exact) mass is 640 g/mol. The number of aromatic nitrogens is 3. The molecular formula is C34H33ClN6O3S. The van der Waals surface area contributed by atoms with Crippen molar-refractivity contribution in [3.63, 3.8) is 0 Å². The minimum absolute atomic E-state index is 0.197. The van der Waals surface area contributed by atoms with Crippen LogP contribution in [0.25, 0.3) is 0 Å². The van der Waals surface area contributed by atoms with Gasteiger partial charge in [0.15, 0.2) is 11.2 Å². The number of fused-ring (bicyclic) bond motifs is 2. The zero-order valence-corrected chi connectivity index (χ0v) is 26.3. The lowest BCUT2D eigenvalue weighted by Gasteiger charge is -2.31. The summed E-state index contributed by atoms with van der Waals surface area (Å²) in [7, 11) is 0. The molecule has 0 spiro atoms. The Balaban J connectivity index is 1.10. The Hall–Kier alpha value is -4.01. The number of aliphatic hydroxyl groups excluding tert-OH is 1. The molecule has 4 aromatic rings. The van der Waals surface area contributed by atoms with Crippen LogP contribution in [0.2, 0.25) is 5.02 Å². The van der Waals surface area contributed by atoms with Gasteiger partial charge in [-0.05, 0) is 74.5 Å². The van der Waals surface area contributed by atoms with Crippen LogP contribution in [0.5, 0.6) is 0 Å². The summed E-state index contributed by atoms with van der Waals surface area (Å²) in [6.45, 7) is 4.21. The molecule has 0 bridgehead atoms. The number of imidazole rings is 1. The van der Waals surface area contributed by atoms with E-state index in [9.17, 15) is 14.7 Å². The van der Waals surface area contributed by atoms with Crippen LogP contribution in [0.3, 0.4) is 0 Å². The van der Waals surface area contributed by atoms with Crippen molar-refractivity contribution in [2.45, 2.75) is 51.4 Å². The SMILES string of the molecule is O=C(Nc1nccs1)C(c1ncn2c1CCC2)N1Cc2c(Cl)cc(C#Cc3ccc(CN4CCC(CO)CC4)cc3)cc2C1=O.